The van der Waals surface area contributed by atoms with Crippen LogP contribution in [0.4, 0.5) is 4.79 Å². The van der Waals surface area contributed by atoms with Gasteiger partial charge in [-0.3, -0.25) is 4.98 Å². The largest absolute Gasteiger partial charge is 0.449 e. The monoisotopic (exact) mass is 374 g/mol. The Hall–Kier alpha value is -3.18. The van der Waals surface area contributed by atoms with Gasteiger partial charge in [-0.2, -0.15) is 0 Å². The third-order valence-corrected chi connectivity index (χ3v) is 5.21. The number of carbonyl (C=O) groups excluding carboxylic acids is 1. The fourth-order valence-electron chi connectivity index (χ4n) is 3.75. The molecule has 142 valence electrons. The Morgan fingerprint density at radius 2 is 1.61 bits per heavy atom. The van der Waals surface area contributed by atoms with Crippen LogP contribution in [0.2, 0.25) is 0 Å². The Kier molecular flexibility index (Phi) is 5.08. The number of alkyl carbamates (subject to hydrolysis) is 1. The van der Waals surface area contributed by atoms with E-state index in [9.17, 15) is 9.90 Å². The minimum Gasteiger partial charge on any atom is -0.449 e. The SMILES string of the molecule is CC(NC(=O)OCC1c2ccccc2-c2ccccc21)C(O)c1ccncc1. The number of fused-ring (bicyclic) bond motifs is 3. The summed E-state index contributed by atoms with van der Waals surface area (Å²) in [6.45, 7) is 1.99. The molecule has 0 fully saturated rings. The molecule has 2 atom stereocenters. The summed E-state index contributed by atoms with van der Waals surface area (Å²) in [6, 6.07) is 19.4. The molecule has 4 rings (SSSR count). The topological polar surface area (TPSA) is 71.5 Å². The summed E-state index contributed by atoms with van der Waals surface area (Å²) in [5, 5.41) is 13.1. The summed E-state index contributed by atoms with van der Waals surface area (Å²) in [6.07, 6.45) is 1.85. The van der Waals surface area contributed by atoms with Gasteiger partial charge in [0.05, 0.1) is 12.1 Å². The van der Waals surface area contributed by atoms with Crippen molar-refractivity contribution in [1.82, 2.24) is 10.3 Å². The molecule has 5 heteroatoms. The van der Waals surface area contributed by atoms with Crippen molar-refractivity contribution in [3.8, 4) is 11.1 Å². The van der Waals surface area contributed by atoms with E-state index >= 15 is 0 Å². The number of rotatable bonds is 5. The van der Waals surface area contributed by atoms with Crippen LogP contribution in [-0.4, -0.2) is 28.8 Å². The number of aliphatic hydroxyl groups is 1. The molecule has 0 bridgehead atoms. The summed E-state index contributed by atoms with van der Waals surface area (Å²) < 4.78 is 5.52. The zero-order valence-electron chi connectivity index (χ0n) is 15.6. The van der Waals surface area contributed by atoms with Gasteiger partial charge in [0.2, 0.25) is 0 Å². The lowest BCUT2D eigenvalue weighted by atomic mass is 9.98. The van der Waals surface area contributed by atoms with E-state index in [1.54, 1.807) is 31.5 Å². The highest BCUT2D eigenvalue weighted by molar-refractivity contribution is 5.79. The van der Waals surface area contributed by atoms with Crippen molar-refractivity contribution < 1.29 is 14.6 Å². The molecule has 1 aliphatic carbocycles. The van der Waals surface area contributed by atoms with Crippen molar-refractivity contribution in [2.75, 3.05) is 6.61 Å². The zero-order chi connectivity index (χ0) is 19.5. The second kappa shape index (κ2) is 7.82. The van der Waals surface area contributed by atoms with Crippen molar-refractivity contribution in [1.29, 1.82) is 0 Å². The van der Waals surface area contributed by atoms with Gasteiger partial charge in [0, 0.05) is 18.3 Å². The van der Waals surface area contributed by atoms with Crippen molar-refractivity contribution in [2.24, 2.45) is 0 Å². The Balaban J connectivity index is 1.41. The lowest BCUT2D eigenvalue weighted by Gasteiger charge is -2.21. The number of hydrogen-bond donors (Lipinski definition) is 2. The number of ether oxygens (including phenoxy) is 1. The third kappa shape index (κ3) is 3.49. The molecule has 2 N–H and O–H groups in total. The lowest BCUT2D eigenvalue weighted by Crippen LogP contribution is -2.38. The van der Waals surface area contributed by atoms with E-state index in [-0.39, 0.29) is 12.5 Å². The lowest BCUT2D eigenvalue weighted by molar-refractivity contribution is 0.108. The Morgan fingerprint density at radius 3 is 2.21 bits per heavy atom. The molecule has 2 unspecified atom stereocenters. The Bertz CT molecular complexity index is 929. The second-order valence-corrected chi connectivity index (χ2v) is 6.98. The minimum absolute atomic E-state index is 0.0126. The van der Waals surface area contributed by atoms with Crippen molar-refractivity contribution in [3.05, 3.63) is 89.7 Å². The first-order chi connectivity index (χ1) is 13.6. The van der Waals surface area contributed by atoms with Gasteiger partial charge < -0.3 is 15.2 Å². The van der Waals surface area contributed by atoms with Gasteiger partial charge in [0.1, 0.15) is 6.61 Å². The number of hydrogen-bond acceptors (Lipinski definition) is 4. The summed E-state index contributed by atoms with van der Waals surface area (Å²) in [5.74, 6) is 0.0126. The molecular formula is C23H22N2O3. The van der Waals surface area contributed by atoms with E-state index in [4.69, 9.17) is 4.74 Å². The predicted molar refractivity (Wildman–Crippen MR) is 107 cm³/mol. The molecule has 2 aromatic carbocycles. The molecule has 0 saturated heterocycles. The van der Waals surface area contributed by atoms with E-state index < -0.39 is 18.2 Å². The highest BCUT2D eigenvalue weighted by Gasteiger charge is 2.29. The molecule has 5 nitrogen and oxygen atoms in total. The molecule has 28 heavy (non-hydrogen) atoms. The molecule has 1 aliphatic rings. The van der Waals surface area contributed by atoms with Crippen LogP contribution in [0.5, 0.6) is 0 Å². The summed E-state index contributed by atoms with van der Waals surface area (Å²) in [7, 11) is 0. The number of carbonyl (C=O) groups is 1. The molecular weight excluding hydrogens is 352 g/mol. The molecule has 1 amide bonds. The maximum absolute atomic E-state index is 12.3. The van der Waals surface area contributed by atoms with Crippen LogP contribution in [0.25, 0.3) is 11.1 Å². The van der Waals surface area contributed by atoms with E-state index in [2.05, 4.69) is 34.6 Å². The van der Waals surface area contributed by atoms with Crippen molar-refractivity contribution in [3.63, 3.8) is 0 Å². The van der Waals surface area contributed by atoms with Crippen LogP contribution in [0.15, 0.2) is 73.1 Å². The first kappa shape index (κ1) is 18.2. The van der Waals surface area contributed by atoms with Crippen LogP contribution in [-0.2, 0) is 4.74 Å². The number of benzene rings is 2. The van der Waals surface area contributed by atoms with Crippen molar-refractivity contribution in [2.45, 2.75) is 25.0 Å². The molecule has 0 saturated carbocycles. The molecule has 0 aliphatic heterocycles. The maximum atomic E-state index is 12.3. The van der Waals surface area contributed by atoms with E-state index in [1.807, 2.05) is 24.3 Å². The molecule has 1 heterocycles. The number of aliphatic hydroxyl groups excluding tert-OH is 1. The van der Waals surface area contributed by atoms with Crippen molar-refractivity contribution >= 4 is 6.09 Å². The molecule has 0 spiro atoms. The number of pyridine rings is 1. The summed E-state index contributed by atoms with van der Waals surface area (Å²) in [5.41, 5.74) is 5.41. The molecule has 0 radical (unpaired) electrons. The van der Waals surface area contributed by atoms with E-state index in [0.717, 1.165) is 0 Å². The van der Waals surface area contributed by atoms with Crippen LogP contribution in [0, 0.1) is 0 Å². The first-order valence-corrected chi connectivity index (χ1v) is 9.34. The van der Waals surface area contributed by atoms with Crippen LogP contribution in [0.1, 0.15) is 35.6 Å². The van der Waals surface area contributed by atoms with E-state index in [0.29, 0.717) is 5.56 Å². The molecule has 1 aromatic heterocycles. The number of aromatic nitrogens is 1. The normalized spacial score (nSPS) is 14.6. The summed E-state index contributed by atoms with van der Waals surface area (Å²) in [4.78, 5) is 16.2. The zero-order valence-corrected chi connectivity index (χ0v) is 15.6. The Labute approximate surface area is 164 Å². The second-order valence-electron chi connectivity index (χ2n) is 6.98. The molecule has 3 aromatic rings. The maximum Gasteiger partial charge on any atom is 0.407 e. The van der Waals surface area contributed by atoms with Gasteiger partial charge in [-0.1, -0.05) is 48.5 Å². The van der Waals surface area contributed by atoms with Gasteiger partial charge in [-0.05, 0) is 46.9 Å². The number of nitrogens with one attached hydrogen (secondary N) is 1. The van der Waals surface area contributed by atoms with Crippen LogP contribution in [0.3, 0.4) is 0 Å². The average Bonchev–Trinajstić information content (AvgIpc) is 3.06. The first-order valence-electron chi connectivity index (χ1n) is 9.34. The van der Waals surface area contributed by atoms with Gasteiger partial charge in [0.15, 0.2) is 0 Å². The number of amides is 1. The quantitative estimate of drug-likeness (QED) is 0.707. The van der Waals surface area contributed by atoms with Gasteiger partial charge in [-0.25, -0.2) is 4.79 Å². The van der Waals surface area contributed by atoms with E-state index in [1.165, 1.54) is 22.3 Å². The third-order valence-electron chi connectivity index (χ3n) is 5.21. The van der Waals surface area contributed by atoms with Gasteiger partial charge in [-0.15, -0.1) is 0 Å². The highest BCUT2D eigenvalue weighted by atomic mass is 16.5. The average molecular weight is 374 g/mol. The van der Waals surface area contributed by atoms with Gasteiger partial charge in [0.25, 0.3) is 0 Å². The predicted octanol–water partition coefficient (Wildman–Crippen LogP) is 4.04. The summed E-state index contributed by atoms with van der Waals surface area (Å²) >= 11 is 0. The standard InChI is InChI=1S/C23H22N2O3/c1-15(22(26)16-10-12-24-13-11-16)25-23(27)28-14-21-19-8-4-2-6-17(19)18-7-3-5-9-20(18)21/h2-13,15,21-22,26H,14H2,1H3,(H,25,27). The van der Waals surface area contributed by atoms with Crippen LogP contribution >= 0.6 is 0 Å². The number of nitrogens with zero attached hydrogens (tertiary/aromatic N) is 1. The Morgan fingerprint density at radius 1 is 1.04 bits per heavy atom. The van der Waals surface area contributed by atoms with Crippen LogP contribution < -0.4 is 5.32 Å². The minimum atomic E-state index is -0.830. The highest BCUT2D eigenvalue weighted by Crippen LogP contribution is 2.44. The smallest absolute Gasteiger partial charge is 0.407 e. The van der Waals surface area contributed by atoms with Gasteiger partial charge >= 0.3 is 6.09 Å². The fraction of sp³-hybridized carbons (Fsp3) is 0.217. The fourth-order valence-corrected chi connectivity index (χ4v) is 3.75.